The highest BCUT2D eigenvalue weighted by Crippen LogP contribution is 2.24. The molecule has 1 amide bonds. The Hall–Kier alpha value is -2.63. The van der Waals surface area contributed by atoms with Gasteiger partial charge in [-0.05, 0) is 24.8 Å². The fourth-order valence-corrected chi connectivity index (χ4v) is 3.42. The number of rotatable bonds is 3. The van der Waals surface area contributed by atoms with E-state index in [1.807, 2.05) is 12.1 Å². The normalized spacial score (nSPS) is 15.4. The maximum atomic E-state index is 13.0. The summed E-state index contributed by atoms with van der Waals surface area (Å²) in [6.07, 6.45) is 3.59. The van der Waals surface area contributed by atoms with Gasteiger partial charge in [0.05, 0.1) is 12.7 Å². The molecule has 0 saturated carbocycles. The van der Waals surface area contributed by atoms with Crippen molar-refractivity contribution in [3.63, 3.8) is 0 Å². The zero-order valence-electron chi connectivity index (χ0n) is 14.5. The van der Waals surface area contributed by atoms with Gasteiger partial charge in [-0.25, -0.2) is 0 Å². The lowest BCUT2D eigenvalue weighted by Gasteiger charge is -2.32. The first-order valence-electron chi connectivity index (χ1n) is 8.45. The van der Waals surface area contributed by atoms with Gasteiger partial charge in [0.1, 0.15) is 0 Å². The molecule has 132 valence electrons. The number of likely N-dealkylation sites (tertiary alicyclic amines) is 1. The molecule has 2 heterocycles. The van der Waals surface area contributed by atoms with E-state index in [4.69, 9.17) is 4.74 Å². The fraction of sp³-hybridized carbons (Fsp3) is 0.421. The van der Waals surface area contributed by atoms with Crippen molar-refractivity contribution in [3.05, 3.63) is 46.4 Å². The molecule has 0 unspecified atom stereocenters. The molecule has 1 fully saturated rings. The molecule has 0 bridgehead atoms. The Morgan fingerprint density at radius 3 is 2.44 bits per heavy atom. The van der Waals surface area contributed by atoms with Crippen LogP contribution in [0.3, 0.4) is 0 Å². The molecule has 0 atom stereocenters. The van der Waals surface area contributed by atoms with Crippen LogP contribution >= 0.6 is 0 Å². The fourth-order valence-electron chi connectivity index (χ4n) is 3.42. The number of carbonyl (C=O) groups is 2. The third-order valence-corrected chi connectivity index (χ3v) is 4.91. The molecular weight excluding hydrogens is 320 g/mol. The molecule has 3 rings (SSSR count). The van der Waals surface area contributed by atoms with E-state index in [9.17, 15) is 14.4 Å². The molecule has 0 spiro atoms. The minimum Gasteiger partial charge on any atom is -0.469 e. The molecule has 0 aliphatic carbocycles. The van der Waals surface area contributed by atoms with Crippen LogP contribution in [-0.2, 0) is 16.6 Å². The number of carbonyl (C=O) groups excluding carboxylic acids is 2. The lowest BCUT2D eigenvalue weighted by Crippen LogP contribution is -2.39. The molecule has 1 saturated heterocycles. The number of esters is 1. The molecule has 0 radical (unpaired) electrons. The Morgan fingerprint density at radius 1 is 1.16 bits per heavy atom. The Kier molecular flexibility index (Phi) is 4.88. The van der Waals surface area contributed by atoms with Crippen LogP contribution in [-0.4, -0.2) is 41.5 Å². The molecule has 0 N–H and O–H groups in total. The van der Waals surface area contributed by atoms with Gasteiger partial charge in [-0.1, -0.05) is 18.2 Å². The minimum absolute atomic E-state index is 0.0664. The van der Waals surface area contributed by atoms with Gasteiger partial charge in [0, 0.05) is 43.5 Å². The van der Waals surface area contributed by atoms with Crippen molar-refractivity contribution < 1.29 is 14.3 Å². The zero-order valence-corrected chi connectivity index (χ0v) is 14.5. The zero-order chi connectivity index (χ0) is 18.0. The second kappa shape index (κ2) is 7.09. The summed E-state index contributed by atoms with van der Waals surface area (Å²) in [5, 5.41) is 1.24. The molecule has 25 heavy (non-hydrogen) atoms. The maximum Gasteiger partial charge on any atom is 0.305 e. The summed E-state index contributed by atoms with van der Waals surface area (Å²) >= 11 is 0. The largest absolute Gasteiger partial charge is 0.469 e. The first-order valence-corrected chi connectivity index (χ1v) is 8.45. The summed E-state index contributed by atoms with van der Waals surface area (Å²) in [7, 11) is 3.06. The predicted octanol–water partition coefficient (Wildman–Crippen LogP) is 1.95. The summed E-state index contributed by atoms with van der Waals surface area (Å²) in [4.78, 5) is 38.4. The van der Waals surface area contributed by atoms with Crippen molar-refractivity contribution in [2.24, 2.45) is 13.0 Å². The van der Waals surface area contributed by atoms with Gasteiger partial charge < -0.3 is 14.2 Å². The van der Waals surface area contributed by atoms with E-state index in [0.717, 1.165) is 12.8 Å². The van der Waals surface area contributed by atoms with Crippen LogP contribution in [0, 0.1) is 5.92 Å². The van der Waals surface area contributed by atoms with Crippen LogP contribution in [0.4, 0.5) is 0 Å². The molecule has 1 aliphatic heterocycles. The van der Waals surface area contributed by atoms with Crippen molar-refractivity contribution in [2.45, 2.75) is 19.3 Å². The van der Waals surface area contributed by atoms with Gasteiger partial charge in [-0.3, -0.25) is 14.4 Å². The van der Waals surface area contributed by atoms with Crippen LogP contribution in [0.2, 0.25) is 0 Å². The van der Waals surface area contributed by atoms with Crippen LogP contribution in [0.1, 0.15) is 29.6 Å². The minimum atomic E-state index is -0.200. The van der Waals surface area contributed by atoms with E-state index < -0.39 is 0 Å². The summed E-state index contributed by atoms with van der Waals surface area (Å²) in [5.74, 6) is -0.00878. The molecular formula is C19H22N2O4. The number of hydrogen-bond donors (Lipinski definition) is 0. The highest BCUT2D eigenvalue weighted by atomic mass is 16.5. The Labute approximate surface area is 146 Å². The van der Waals surface area contributed by atoms with Crippen LogP contribution < -0.4 is 5.56 Å². The lowest BCUT2D eigenvalue weighted by molar-refractivity contribution is -0.142. The van der Waals surface area contributed by atoms with E-state index in [-0.39, 0.29) is 23.4 Å². The predicted molar refractivity (Wildman–Crippen MR) is 94.4 cm³/mol. The van der Waals surface area contributed by atoms with Crippen LogP contribution in [0.15, 0.2) is 35.3 Å². The van der Waals surface area contributed by atoms with E-state index in [1.165, 1.54) is 11.7 Å². The number of fused-ring (bicyclic) bond motifs is 1. The van der Waals surface area contributed by atoms with Crippen molar-refractivity contribution in [1.82, 2.24) is 9.47 Å². The van der Waals surface area contributed by atoms with E-state index >= 15 is 0 Å². The van der Waals surface area contributed by atoms with Gasteiger partial charge >= 0.3 is 5.97 Å². The highest BCUT2D eigenvalue weighted by molar-refractivity contribution is 6.06. The number of pyridine rings is 1. The molecule has 6 nitrogen and oxygen atoms in total. The molecule has 1 aromatic carbocycles. The summed E-state index contributed by atoms with van der Waals surface area (Å²) in [6.45, 7) is 1.22. The first kappa shape index (κ1) is 17.2. The van der Waals surface area contributed by atoms with Crippen molar-refractivity contribution >= 4 is 22.6 Å². The second-order valence-corrected chi connectivity index (χ2v) is 6.52. The number of methoxy groups -OCH3 is 1. The summed E-state index contributed by atoms with van der Waals surface area (Å²) in [5.41, 5.74) is 0.438. The molecule has 6 heteroatoms. The van der Waals surface area contributed by atoms with Crippen molar-refractivity contribution in [1.29, 1.82) is 0 Å². The number of piperidine rings is 1. The first-order chi connectivity index (χ1) is 12.0. The van der Waals surface area contributed by atoms with Gasteiger partial charge in [-0.15, -0.1) is 0 Å². The standard InChI is InChI=1S/C19H22N2O4/c1-20-12-16(14-5-3-4-6-15(14)18(20)23)19(24)21-9-7-13(8-10-21)11-17(22)25-2/h3-6,12-13H,7-11H2,1-2H3. The monoisotopic (exact) mass is 342 g/mol. The van der Waals surface area contributed by atoms with Gasteiger partial charge in [-0.2, -0.15) is 0 Å². The van der Waals surface area contributed by atoms with E-state index in [0.29, 0.717) is 35.8 Å². The smallest absolute Gasteiger partial charge is 0.305 e. The summed E-state index contributed by atoms with van der Waals surface area (Å²) < 4.78 is 6.18. The molecule has 1 aliphatic rings. The van der Waals surface area contributed by atoms with Crippen molar-refractivity contribution in [3.8, 4) is 0 Å². The second-order valence-electron chi connectivity index (χ2n) is 6.52. The molecule has 2 aromatic rings. The van der Waals surface area contributed by atoms with Crippen LogP contribution in [0.25, 0.3) is 10.8 Å². The van der Waals surface area contributed by atoms with Gasteiger partial charge in [0.15, 0.2) is 0 Å². The average molecular weight is 342 g/mol. The third-order valence-electron chi connectivity index (χ3n) is 4.91. The lowest BCUT2D eigenvalue weighted by atomic mass is 9.93. The van der Waals surface area contributed by atoms with E-state index in [1.54, 1.807) is 30.3 Å². The van der Waals surface area contributed by atoms with Crippen LogP contribution in [0.5, 0.6) is 0 Å². The number of amides is 1. The van der Waals surface area contributed by atoms with Gasteiger partial charge in [0.25, 0.3) is 11.5 Å². The Balaban J connectivity index is 1.81. The third kappa shape index (κ3) is 3.43. The number of aryl methyl sites for hydroxylation is 1. The number of nitrogens with zero attached hydrogens (tertiary/aromatic N) is 2. The number of hydrogen-bond acceptors (Lipinski definition) is 4. The number of aromatic nitrogens is 1. The Morgan fingerprint density at radius 2 is 1.80 bits per heavy atom. The quantitative estimate of drug-likeness (QED) is 0.800. The van der Waals surface area contributed by atoms with Crippen molar-refractivity contribution in [2.75, 3.05) is 20.2 Å². The topological polar surface area (TPSA) is 68.6 Å². The summed E-state index contributed by atoms with van der Waals surface area (Å²) in [6, 6.07) is 7.20. The number of ether oxygens (including phenoxy) is 1. The Bertz CT molecular complexity index is 863. The average Bonchev–Trinajstić information content (AvgIpc) is 2.64. The molecule has 1 aromatic heterocycles. The number of benzene rings is 1. The maximum absolute atomic E-state index is 13.0. The highest BCUT2D eigenvalue weighted by Gasteiger charge is 2.26. The van der Waals surface area contributed by atoms with E-state index in [2.05, 4.69) is 0 Å². The van der Waals surface area contributed by atoms with Gasteiger partial charge in [0.2, 0.25) is 0 Å². The SMILES string of the molecule is COC(=O)CC1CCN(C(=O)c2cn(C)c(=O)c3ccccc23)CC1.